The number of hydrogen-bond acceptors (Lipinski definition) is 2. The predicted molar refractivity (Wildman–Crippen MR) is 113 cm³/mol. The molecule has 28 heavy (non-hydrogen) atoms. The summed E-state index contributed by atoms with van der Waals surface area (Å²) in [6.07, 6.45) is 6.58. The van der Waals surface area contributed by atoms with Gasteiger partial charge in [-0.05, 0) is 73.9 Å². The third-order valence-electron chi connectivity index (χ3n) is 5.62. The normalized spacial score (nSPS) is 17.6. The molecule has 0 saturated carbocycles. The summed E-state index contributed by atoms with van der Waals surface area (Å²) in [7, 11) is 0. The molecule has 1 heterocycles. The van der Waals surface area contributed by atoms with Crippen molar-refractivity contribution in [3.63, 3.8) is 0 Å². The van der Waals surface area contributed by atoms with Crippen LogP contribution in [0.15, 0.2) is 60.2 Å². The Hall–Kier alpha value is -2.88. The van der Waals surface area contributed by atoms with E-state index in [2.05, 4.69) is 17.4 Å². The minimum absolute atomic E-state index is 0.0136. The maximum absolute atomic E-state index is 13.0. The van der Waals surface area contributed by atoms with Crippen LogP contribution in [0.1, 0.15) is 50.5 Å². The van der Waals surface area contributed by atoms with Gasteiger partial charge in [0.1, 0.15) is 0 Å². The second kappa shape index (κ2) is 8.42. The lowest BCUT2D eigenvalue weighted by atomic mass is 9.87. The zero-order valence-corrected chi connectivity index (χ0v) is 16.1. The van der Waals surface area contributed by atoms with Gasteiger partial charge in [-0.1, -0.05) is 30.3 Å². The molecular weight excluding hydrogens is 348 g/mol. The highest BCUT2D eigenvalue weighted by molar-refractivity contribution is 6.09. The van der Waals surface area contributed by atoms with Crippen LogP contribution in [0.4, 0.5) is 11.4 Å². The average molecular weight is 374 g/mol. The highest BCUT2D eigenvalue weighted by Crippen LogP contribution is 2.33. The molecule has 4 rings (SSSR count). The smallest absolute Gasteiger partial charge is 0.251 e. The SMILES string of the molecule is O=C(Nc1ccc(N2CCCCC2=O)cc1)C1=C(c2ccccc2)CCCC1. The Bertz CT molecular complexity index is 885. The van der Waals surface area contributed by atoms with Crippen molar-refractivity contribution in [2.75, 3.05) is 16.8 Å². The first-order chi connectivity index (χ1) is 13.7. The van der Waals surface area contributed by atoms with E-state index < -0.39 is 0 Å². The summed E-state index contributed by atoms with van der Waals surface area (Å²) in [6, 6.07) is 17.8. The molecule has 4 heteroatoms. The van der Waals surface area contributed by atoms with E-state index in [9.17, 15) is 9.59 Å². The van der Waals surface area contributed by atoms with Crippen LogP contribution >= 0.6 is 0 Å². The van der Waals surface area contributed by atoms with Gasteiger partial charge in [-0.15, -0.1) is 0 Å². The monoisotopic (exact) mass is 374 g/mol. The van der Waals surface area contributed by atoms with Crippen molar-refractivity contribution in [1.29, 1.82) is 0 Å². The molecular formula is C24H26N2O2. The fraction of sp³-hybridized carbons (Fsp3) is 0.333. The van der Waals surface area contributed by atoms with Gasteiger partial charge in [-0.2, -0.15) is 0 Å². The molecule has 2 aliphatic rings. The second-order valence-electron chi connectivity index (χ2n) is 7.53. The molecule has 144 valence electrons. The van der Waals surface area contributed by atoms with Crippen molar-refractivity contribution in [3.05, 3.63) is 65.7 Å². The summed E-state index contributed by atoms with van der Waals surface area (Å²) >= 11 is 0. The van der Waals surface area contributed by atoms with Crippen molar-refractivity contribution in [2.45, 2.75) is 44.9 Å². The molecule has 4 nitrogen and oxygen atoms in total. The number of piperidine rings is 1. The van der Waals surface area contributed by atoms with Crippen molar-refractivity contribution in [1.82, 2.24) is 0 Å². The molecule has 1 N–H and O–H groups in total. The van der Waals surface area contributed by atoms with Crippen molar-refractivity contribution < 1.29 is 9.59 Å². The molecule has 2 aromatic rings. The van der Waals surface area contributed by atoms with Gasteiger partial charge in [-0.3, -0.25) is 9.59 Å². The second-order valence-corrected chi connectivity index (χ2v) is 7.53. The first-order valence-corrected chi connectivity index (χ1v) is 10.2. The van der Waals surface area contributed by atoms with Gasteiger partial charge in [0.05, 0.1) is 0 Å². The molecule has 0 spiro atoms. The Labute approximate surface area is 166 Å². The van der Waals surface area contributed by atoms with Gasteiger partial charge in [-0.25, -0.2) is 0 Å². The molecule has 2 amide bonds. The standard InChI is InChI=1S/C24H26N2O2/c27-23-12-6-7-17-26(23)20-15-13-19(14-16-20)25-24(28)22-11-5-4-10-21(22)18-8-2-1-3-9-18/h1-3,8-9,13-16H,4-7,10-12,17H2,(H,25,28). The minimum Gasteiger partial charge on any atom is -0.322 e. The molecule has 1 fully saturated rings. The van der Waals surface area contributed by atoms with Gasteiger partial charge in [0.25, 0.3) is 5.91 Å². The summed E-state index contributed by atoms with van der Waals surface area (Å²) in [6.45, 7) is 0.776. The number of allylic oxidation sites excluding steroid dienone is 1. The van der Waals surface area contributed by atoms with E-state index in [4.69, 9.17) is 0 Å². The highest BCUT2D eigenvalue weighted by Gasteiger charge is 2.21. The summed E-state index contributed by atoms with van der Waals surface area (Å²) < 4.78 is 0. The van der Waals surface area contributed by atoms with E-state index in [0.29, 0.717) is 6.42 Å². The Morgan fingerprint density at radius 1 is 0.821 bits per heavy atom. The largest absolute Gasteiger partial charge is 0.322 e. The third-order valence-corrected chi connectivity index (χ3v) is 5.62. The molecule has 0 unspecified atom stereocenters. The Morgan fingerprint density at radius 3 is 2.29 bits per heavy atom. The molecule has 0 aromatic heterocycles. The molecule has 1 aliphatic carbocycles. The summed E-state index contributed by atoms with van der Waals surface area (Å²) in [5.41, 5.74) is 4.88. The summed E-state index contributed by atoms with van der Waals surface area (Å²) in [5, 5.41) is 3.05. The number of hydrogen-bond donors (Lipinski definition) is 1. The van der Waals surface area contributed by atoms with E-state index in [0.717, 1.165) is 67.6 Å². The predicted octanol–water partition coefficient (Wildman–Crippen LogP) is 5.17. The maximum atomic E-state index is 13.0. The number of rotatable bonds is 4. The Balaban J connectivity index is 1.51. The molecule has 0 radical (unpaired) electrons. The number of carbonyl (C=O) groups excluding carboxylic acids is 2. The lowest BCUT2D eigenvalue weighted by Gasteiger charge is -2.27. The minimum atomic E-state index is -0.0136. The molecule has 1 saturated heterocycles. The lowest BCUT2D eigenvalue weighted by molar-refractivity contribution is -0.119. The topological polar surface area (TPSA) is 49.4 Å². The quantitative estimate of drug-likeness (QED) is 0.803. The first-order valence-electron chi connectivity index (χ1n) is 10.2. The number of benzene rings is 2. The molecule has 0 atom stereocenters. The molecule has 0 bridgehead atoms. The van der Waals surface area contributed by atoms with Gasteiger partial charge >= 0.3 is 0 Å². The van der Waals surface area contributed by atoms with Crippen LogP contribution < -0.4 is 10.2 Å². The van der Waals surface area contributed by atoms with Crippen LogP contribution in [-0.4, -0.2) is 18.4 Å². The van der Waals surface area contributed by atoms with Crippen LogP contribution in [0.2, 0.25) is 0 Å². The highest BCUT2D eigenvalue weighted by atomic mass is 16.2. The van der Waals surface area contributed by atoms with Crippen LogP contribution in [0.5, 0.6) is 0 Å². The van der Waals surface area contributed by atoms with Crippen LogP contribution in [0.25, 0.3) is 5.57 Å². The molecule has 2 aromatic carbocycles. The first kappa shape index (κ1) is 18.5. The fourth-order valence-corrected chi connectivity index (χ4v) is 4.12. The Morgan fingerprint density at radius 2 is 1.54 bits per heavy atom. The van der Waals surface area contributed by atoms with Gasteiger partial charge in [0.15, 0.2) is 0 Å². The van der Waals surface area contributed by atoms with Crippen LogP contribution in [0, 0.1) is 0 Å². The van der Waals surface area contributed by atoms with Crippen molar-refractivity contribution in [2.24, 2.45) is 0 Å². The fourth-order valence-electron chi connectivity index (χ4n) is 4.12. The molecule has 1 aliphatic heterocycles. The zero-order valence-electron chi connectivity index (χ0n) is 16.1. The maximum Gasteiger partial charge on any atom is 0.251 e. The van der Waals surface area contributed by atoms with E-state index in [-0.39, 0.29) is 11.8 Å². The van der Waals surface area contributed by atoms with Gasteiger partial charge in [0.2, 0.25) is 5.91 Å². The van der Waals surface area contributed by atoms with Crippen molar-refractivity contribution >= 4 is 28.8 Å². The van der Waals surface area contributed by atoms with Gasteiger partial charge < -0.3 is 10.2 Å². The number of nitrogens with one attached hydrogen (secondary N) is 1. The number of anilines is 2. The number of nitrogens with zero attached hydrogens (tertiary/aromatic N) is 1. The average Bonchev–Trinajstić information content (AvgIpc) is 2.75. The van der Waals surface area contributed by atoms with E-state index >= 15 is 0 Å². The van der Waals surface area contributed by atoms with E-state index in [1.54, 1.807) is 0 Å². The van der Waals surface area contributed by atoms with Crippen LogP contribution in [0.3, 0.4) is 0 Å². The van der Waals surface area contributed by atoms with Gasteiger partial charge in [0, 0.05) is 29.9 Å². The lowest BCUT2D eigenvalue weighted by Crippen LogP contribution is -2.35. The van der Waals surface area contributed by atoms with E-state index in [1.807, 2.05) is 47.4 Å². The number of amides is 2. The number of carbonyl (C=O) groups is 2. The van der Waals surface area contributed by atoms with E-state index in [1.165, 1.54) is 5.57 Å². The van der Waals surface area contributed by atoms with Crippen molar-refractivity contribution in [3.8, 4) is 0 Å². The zero-order chi connectivity index (χ0) is 19.3. The van der Waals surface area contributed by atoms with Crippen LogP contribution in [-0.2, 0) is 9.59 Å². The summed E-state index contributed by atoms with van der Waals surface area (Å²) in [4.78, 5) is 26.9. The third kappa shape index (κ3) is 4.01. The Kier molecular flexibility index (Phi) is 5.56. The summed E-state index contributed by atoms with van der Waals surface area (Å²) in [5.74, 6) is 0.170.